The van der Waals surface area contributed by atoms with Crippen molar-refractivity contribution in [2.45, 2.75) is 6.92 Å². The molecule has 0 N–H and O–H groups in total. The Labute approximate surface area is 106 Å². The number of benzene rings is 1. The van der Waals surface area contributed by atoms with E-state index in [1.54, 1.807) is 38.1 Å². The molecule has 0 radical (unpaired) electrons. The van der Waals surface area contributed by atoms with E-state index in [2.05, 4.69) is 5.11 Å². The monoisotopic (exact) mass is 307 g/mol. The molecule has 0 aliphatic rings. The van der Waals surface area contributed by atoms with E-state index in [9.17, 15) is 16.8 Å². The summed E-state index contributed by atoms with van der Waals surface area (Å²) in [7, 11) is -4.31. The number of aryl methyl sites for hydroxylation is 1. The van der Waals surface area contributed by atoms with E-state index in [0.717, 1.165) is 5.69 Å². The van der Waals surface area contributed by atoms with Gasteiger partial charge in [0.2, 0.25) is 0 Å². The first-order valence-electron chi connectivity index (χ1n) is 4.80. The van der Waals surface area contributed by atoms with Crippen LogP contribution in [0.5, 0.6) is 0 Å². The maximum Gasteiger partial charge on any atom is 0 e. The van der Waals surface area contributed by atoms with Crippen molar-refractivity contribution in [3.8, 4) is 0 Å². The Morgan fingerprint density at radius 1 is 1.05 bits per heavy atom. The van der Waals surface area contributed by atoms with Crippen molar-refractivity contribution < 1.29 is 25.9 Å². The largest absolute Gasteiger partial charge is 0 e. The molecule has 1 rings (SSSR count). The molecule has 1 aromatic carbocycles. The smallest absolute Gasteiger partial charge is 0 e. The van der Waals surface area contributed by atoms with Crippen molar-refractivity contribution in [2.24, 2.45) is 10.00 Å². The molecule has 10 heteroatoms. The Kier molecular flexibility index (Phi) is 5.74. The van der Waals surface area contributed by atoms with Gasteiger partial charge in [0, 0.05) is 9.15 Å². The Balaban J connectivity index is 0.00000154. The molecule has 0 unspecified atom stereocenters. The van der Waals surface area contributed by atoms with Crippen LogP contribution in [0.4, 0.5) is 37.3 Å². The summed E-state index contributed by atoms with van der Waals surface area (Å²) in [5, 5.41) is 2.91. The summed E-state index contributed by atoms with van der Waals surface area (Å²) in [4.78, 5) is 3.66. The van der Waals surface area contributed by atoms with Crippen LogP contribution in [0, 0.1) is 6.92 Å². The Hall–Kier alpha value is -1.37. The van der Waals surface area contributed by atoms with Gasteiger partial charge in [-0.15, -0.1) is 0 Å². The molecule has 0 aliphatic heterocycles. The number of hydrogen-bond donors (Lipinski definition) is 0. The van der Waals surface area contributed by atoms with Crippen LogP contribution in [0.25, 0.3) is 0 Å². The van der Waals surface area contributed by atoms with Crippen LogP contribution >= 0.6 is 8.00 Å². The molecule has 0 aliphatic carbocycles. The maximum atomic E-state index is 12.0. The van der Waals surface area contributed by atoms with E-state index in [-0.39, 0.29) is 5.69 Å². The second-order valence-corrected chi connectivity index (χ2v) is 5.29. The molecule has 110 valence electrons. The van der Waals surface area contributed by atoms with Crippen LogP contribution in [-0.4, -0.2) is 14.1 Å². The number of nitrogens with zero attached hydrogens (tertiary/aromatic N) is 3. The minimum absolute atomic E-state index is 0.00944. The van der Waals surface area contributed by atoms with E-state index in [4.69, 9.17) is 9.15 Å². The third-order valence-electron chi connectivity index (χ3n) is 1.98. The quantitative estimate of drug-likeness (QED) is 0.383. The third-order valence-corrected chi connectivity index (χ3v) is 2.34. The van der Waals surface area contributed by atoms with E-state index < -0.39 is 8.00 Å². The van der Waals surface area contributed by atoms with Crippen molar-refractivity contribution in [1.29, 1.82) is 0 Å². The van der Waals surface area contributed by atoms with Crippen LogP contribution in [0.2, 0.25) is 0 Å². The molecule has 0 saturated carbocycles. The SMILES string of the molecule is Cc1cc(N(C)C)ccc1N=NP(F)(F)(F)F.FF. The van der Waals surface area contributed by atoms with Crippen molar-refractivity contribution in [2.75, 3.05) is 19.0 Å². The van der Waals surface area contributed by atoms with E-state index in [1.807, 2.05) is 4.88 Å². The molecule has 3 nitrogen and oxygen atoms in total. The average Bonchev–Trinajstić information content (AvgIpc) is 2.28. The van der Waals surface area contributed by atoms with Crippen molar-refractivity contribution >= 4 is 19.4 Å². The van der Waals surface area contributed by atoms with Gasteiger partial charge in [-0.1, -0.05) is 0 Å². The van der Waals surface area contributed by atoms with Gasteiger partial charge in [-0.2, -0.15) is 0 Å². The molecule has 1 aromatic rings. The number of hydrogen-bond acceptors (Lipinski definition) is 3. The van der Waals surface area contributed by atoms with E-state index in [0.29, 0.717) is 5.56 Å². The zero-order chi connectivity index (χ0) is 15.3. The van der Waals surface area contributed by atoms with Crippen LogP contribution in [0.15, 0.2) is 28.2 Å². The fraction of sp³-hybridized carbons (Fsp3) is 0.333. The molecule has 0 aromatic heterocycles. The van der Waals surface area contributed by atoms with Gasteiger partial charge in [0.15, 0.2) is 0 Å². The van der Waals surface area contributed by atoms with Crippen molar-refractivity contribution in [3.63, 3.8) is 0 Å². The normalized spacial score (nSPS) is 13.4. The van der Waals surface area contributed by atoms with Gasteiger partial charge in [-0.25, -0.2) is 0 Å². The molecule has 0 fully saturated rings. The van der Waals surface area contributed by atoms with E-state index >= 15 is 0 Å². The zero-order valence-electron chi connectivity index (χ0n) is 10.3. The predicted octanol–water partition coefficient (Wildman–Crippen LogP) is 5.99. The molecular weight excluding hydrogens is 295 g/mol. The van der Waals surface area contributed by atoms with Gasteiger partial charge < -0.3 is 0 Å². The topological polar surface area (TPSA) is 28.0 Å². The molecule has 0 spiro atoms. The summed E-state index contributed by atoms with van der Waals surface area (Å²) in [5.74, 6) is 0. The van der Waals surface area contributed by atoms with Crippen LogP contribution in [0.3, 0.4) is 0 Å². The van der Waals surface area contributed by atoms with Gasteiger partial charge in [0.25, 0.3) is 0 Å². The number of rotatable bonds is 3. The fourth-order valence-electron chi connectivity index (χ4n) is 1.15. The van der Waals surface area contributed by atoms with Crippen LogP contribution < -0.4 is 4.90 Å². The first-order chi connectivity index (χ1) is 8.55. The molecule has 0 saturated heterocycles. The molecule has 0 heterocycles. The summed E-state index contributed by atoms with van der Waals surface area (Å²) >= 11 is 0. The number of anilines is 1. The van der Waals surface area contributed by atoms with Gasteiger partial charge in [0.05, 0.1) is 0 Å². The van der Waals surface area contributed by atoms with Gasteiger partial charge in [-0.05, 0) is 0 Å². The first-order valence-corrected chi connectivity index (χ1v) is 6.55. The molecule has 0 bridgehead atoms. The van der Waals surface area contributed by atoms with Gasteiger partial charge in [-0.3, -0.25) is 0 Å². The summed E-state index contributed by atoms with van der Waals surface area (Å²) < 4.78 is 63.9. The summed E-state index contributed by atoms with van der Waals surface area (Å²) in [5.41, 5.74) is 1.33. The summed E-state index contributed by atoms with van der Waals surface area (Å²) in [6.45, 7) is 1.59. The van der Waals surface area contributed by atoms with Crippen molar-refractivity contribution in [1.82, 2.24) is 0 Å². The van der Waals surface area contributed by atoms with Crippen LogP contribution in [0.1, 0.15) is 5.56 Å². The van der Waals surface area contributed by atoms with Gasteiger partial charge >= 0.3 is 95.8 Å². The first kappa shape index (κ1) is 17.6. The minimum atomic E-state index is -7.91. The average molecular weight is 307 g/mol. The molecule has 0 atom stereocenters. The summed E-state index contributed by atoms with van der Waals surface area (Å²) in [6.07, 6.45) is 0. The molecule has 0 amide bonds. The summed E-state index contributed by atoms with van der Waals surface area (Å²) in [6, 6.07) is 4.61. The molecular formula is C9H12F6N3P. The number of halogens is 6. The maximum absolute atomic E-state index is 12.0. The Bertz CT molecular complexity index is 448. The van der Waals surface area contributed by atoms with Crippen molar-refractivity contribution in [3.05, 3.63) is 23.8 Å². The predicted molar refractivity (Wildman–Crippen MR) is 63.6 cm³/mol. The van der Waals surface area contributed by atoms with E-state index in [1.165, 1.54) is 6.07 Å². The van der Waals surface area contributed by atoms with Crippen LogP contribution in [-0.2, 0) is 0 Å². The minimum Gasteiger partial charge on any atom is 0 e. The van der Waals surface area contributed by atoms with Gasteiger partial charge in [0.1, 0.15) is 0 Å². The second kappa shape index (κ2) is 6.18. The Morgan fingerprint density at radius 2 is 1.58 bits per heavy atom. The fourth-order valence-corrected chi connectivity index (χ4v) is 1.38. The Morgan fingerprint density at radius 3 is 1.95 bits per heavy atom. The second-order valence-electron chi connectivity index (χ2n) is 3.74. The standard InChI is InChI=1S/C9H12F4N3P.F2/c1-7-6-8(16(2)3)4-5-9(7)14-15-17(10,11,12)13;1-2/h4-6H,1-3H3;. The zero-order valence-corrected chi connectivity index (χ0v) is 11.2. The molecule has 19 heavy (non-hydrogen) atoms. The third kappa shape index (κ3) is 6.95.